The van der Waals surface area contributed by atoms with Crippen LogP contribution in [0.1, 0.15) is 64.1 Å². The van der Waals surface area contributed by atoms with Gasteiger partial charge in [0.2, 0.25) is 0 Å². The first-order chi connectivity index (χ1) is 8.69. The van der Waals surface area contributed by atoms with Crippen LogP contribution in [-0.4, -0.2) is 22.1 Å². The molecule has 0 aliphatic carbocycles. The molecule has 1 aliphatic heterocycles. The first-order valence-corrected chi connectivity index (χ1v) is 8.02. The third kappa shape index (κ3) is 3.77. The summed E-state index contributed by atoms with van der Waals surface area (Å²) in [5, 5.41) is 7.54. The van der Waals surface area contributed by atoms with Gasteiger partial charge in [-0.1, -0.05) is 0 Å². The fourth-order valence-electron chi connectivity index (χ4n) is 3.60. The Kier molecular flexibility index (Phi) is 4.05. The Bertz CT molecular complexity index is 420. The molecule has 108 valence electrons. The molecule has 0 spiro atoms. The zero-order valence-electron chi connectivity index (χ0n) is 13.0. The van der Waals surface area contributed by atoms with E-state index in [-0.39, 0.29) is 11.1 Å². The van der Waals surface area contributed by atoms with Crippen molar-refractivity contribution >= 4 is 11.3 Å². The molecule has 0 amide bonds. The Labute approximate surface area is 121 Å². The molecule has 1 aromatic heterocycles. The van der Waals surface area contributed by atoms with Crippen molar-refractivity contribution < 1.29 is 0 Å². The molecule has 1 fully saturated rings. The van der Waals surface area contributed by atoms with E-state index in [0.29, 0.717) is 12.1 Å². The van der Waals surface area contributed by atoms with E-state index in [0.717, 1.165) is 5.69 Å². The van der Waals surface area contributed by atoms with Crippen molar-refractivity contribution in [2.45, 2.75) is 77.5 Å². The highest BCUT2D eigenvalue weighted by Gasteiger charge is 2.38. The summed E-state index contributed by atoms with van der Waals surface area (Å²) >= 11 is 1.76. The van der Waals surface area contributed by atoms with E-state index in [4.69, 9.17) is 0 Å². The fourth-order valence-corrected chi connectivity index (χ4v) is 4.42. The van der Waals surface area contributed by atoms with E-state index in [9.17, 15) is 0 Å². The first kappa shape index (κ1) is 14.9. The van der Waals surface area contributed by atoms with Crippen molar-refractivity contribution in [2.75, 3.05) is 0 Å². The highest BCUT2D eigenvalue weighted by atomic mass is 32.1. The number of thiazole rings is 1. The summed E-state index contributed by atoms with van der Waals surface area (Å²) in [7, 11) is 0. The van der Waals surface area contributed by atoms with Crippen molar-refractivity contribution in [2.24, 2.45) is 0 Å². The van der Waals surface area contributed by atoms with Gasteiger partial charge in [0, 0.05) is 28.0 Å². The normalized spacial score (nSPS) is 24.3. The summed E-state index contributed by atoms with van der Waals surface area (Å²) in [6.45, 7) is 13.5. The molecule has 1 aromatic rings. The van der Waals surface area contributed by atoms with Gasteiger partial charge >= 0.3 is 0 Å². The molecule has 0 bridgehead atoms. The monoisotopic (exact) mass is 281 g/mol. The largest absolute Gasteiger partial charge is 0.307 e. The van der Waals surface area contributed by atoms with Gasteiger partial charge in [-0.3, -0.25) is 0 Å². The van der Waals surface area contributed by atoms with Crippen molar-refractivity contribution in [1.82, 2.24) is 15.6 Å². The second-order valence-electron chi connectivity index (χ2n) is 7.19. The van der Waals surface area contributed by atoms with E-state index < -0.39 is 0 Å². The molecule has 2 N–H and O–H groups in total. The Morgan fingerprint density at radius 3 is 2.37 bits per heavy atom. The third-order valence-corrected chi connectivity index (χ3v) is 4.97. The number of aryl methyl sites for hydroxylation is 1. The van der Waals surface area contributed by atoms with Gasteiger partial charge in [-0.25, -0.2) is 4.98 Å². The SMILES string of the molecule is Cc1ncsc1C(C)NC1CC(C)(C)NC(C)(C)C1. The summed E-state index contributed by atoms with van der Waals surface area (Å²) in [5.74, 6) is 0. The van der Waals surface area contributed by atoms with Gasteiger partial charge in [0.25, 0.3) is 0 Å². The van der Waals surface area contributed by atoms with E-state index in [1.807, 2.05) is 5.51 Å². The second kappa shape index (κ2) is 5.15. The predicted molar refractivity (Wildman–Crippen MR) is 82.7 cm³/mol. The minimum Gasteiger partial charge on any atom is -0.307 e. The predicted octanol–water partition coefficient (Wildman–Crippen LogP) is 3.41. The zero-order valence-corrected chi connectivity index (χ0v) is 13.8. The molecular weight excluding hydrogens is 254 g/mol. The molecule has 1 unspecified atom stereocenters. The minimum atomic E-state index is 0.196. The Balaban J connectivity index is 2.05. The molecule has 1 saturated heterocycles. The highest BCUT2D eigenvalue weighted by Crippen LogP contribution is 2.31. The van der Waals surface area contributed by atoms with Crippen molar-refractivity contribution in [3.05, 3.63) is 16.1 Å². The molecule has 2 heterocycles. The number of aromatic nitrogens is 1. The fraction of sp³-hybridized carbons (Fsp3) is 0.800. The molecule has 19 heavy (non-hydrogen) atoms. The van der Waals surface area contributed by atoms with E-state index in [2.05, 4.69) is 57.2 Å². The molecular formula is C15H27N3S. The van der Waals surface area contributed by atoms with Crippen LogP contribution in [0.2, 0.25) is 0 Å². The maximum Gasteiger partial charge on any atom is 0.0798 e. The lowest BCUT2D eigenvalue weighted by atomic mass is 9.79. The van der Waals surface area contributed by atoms with Gasteiger partial charge in [0.1, 0.15) is 0 Å². The first-order valence-electron chi connectivity index (χ1n) is 7.14. The van der Waals surface area contributed by atoms with Crippen LogP contribution in [-0.2, 0) is 0 Å². The van der Waals surface area contributed by atoms with Crippen LogP contribution in [0.5, 0.6) is 0 Å². The number of rotatable bonds is 3. The average Bonchev–Trinajstić information content (AvgIpc) is 2.58. The van der Waals surface area contributed by atoms with Crippen LogP contribution >= 0.6 is 11.3 Å². The van der Waals surface area contributed by atoms with Gasteiger partial charge in [-0.2, -0.15) is 0 Å². The highest BCUT2D eigenvalue weighted by molar-refractivity contribution is 7.09. The van der Waals surface area contributed by atoms with Gasteiger partial charge < -0.3 is 10.6 Å². The molecule has 1 atom stereocenters. The van der Waals surface area contributed by atoms with E-state index >= 15 is 0 Å². The van der Waals surface area contributed by atoms with Crippen LogP contribution < -0.4 is 10.6 Å². The summed E-state index contributed by atoms with van der Waals surface area (Å²) in [6, 6.07) is 0.949. The summed E-state index contributed by atoms with van der Waals surface area (Å²) in [5.41, 5.74) is 3.50. The minimum absolute atomic E-state index is 0.196. The van der Waals surface area contributed by atoms with Crippen LogP contribution in [0.4, 0.5) is 0 Å². The molecule has 0 saturated carbocycles. The topological polar surface area (TPSA) is 37.0 Å². The number of nitrogens with zero attached hydrogens (tertiary/aromatic N) is 1. The Morgan fingerprint density at radius 2 is 1.89 bits per heavy atom. The van der Waals surface area contributed by atoms with E-state index in [1.54, 1.807) is 11.3 Å². The van der Waals surface area contributed by atoms with Crippen molar-refractivity contribution in [3.8, 4) is 0 Å². The molecule has 0 aromatic carbocycles. The molecule has 3 nitrogen and oxygen atoms in total. The van der Waals surface area contributed by atoms with Gasteiger partial charge in [0.05, 0.1) is 11.2 Å². The maximum atomic E-state index is 4.35. The standard InChI is InChI=1S/C15H27N3S/c1-10-13(19-9-16-10)11(2)17-12-7-14(3,4)18-15(5,6)8-12/h9,11-12,17-18H,7-8H2,1-6H3. The van der Waals surface area contributed by atoms with Gasteiger partial charge in [0.15, 0.2) is 0 Å². The second-order valence-corrected chi connectivity index (χ2v) is 8.07. The van der Waals surface area contributed by atoms with Gasteiger partial charge in [-0.05, 0) is 54.4 Å². The number of hydrogen-bond acceptors (Lipinski definition) is 4. The summed E-state index contributed by atoms with van der Waals surface area (Å²) < 4.78 is 0. The molecule has 4 heteroatoms. The maximum absolute atomic E-state index is 4.35. The van der Waals surface area contributed by atoms with Crippen LogP contribution in [0, 0.1) is 6.92 Å². The molecule has 0 radical (unpaired) electrons. The molecule has 2 rings (SSSR count). The Morgan fingerprint density at radius 1 is 1.32 bits per heavy atom. The lowest BCUT2D eigenvalue weighted by Crippen LogP contribution is -2.61. The molecule has 1 aliphatic rings. The number of piperidine rings is 1. The van der Waals surface area contributed by atoms with Gasteiger partial charge in [-0.15, -0.1) is 11.3 Å². The van der Waals surface area contributed by atoms with Crippen LogP contribution in [0.15, 0.2) is 5.51 Å². The van der Waals surface area contributed by atoms with Crippen LogP contribution in [0.3, 0.4) is 0 Å². The third-order valence-electron chi connectivity index (χ3n) is 3.85. The van der Waals surface area contributed by atoms with Crippen LogP contribution in [0.25, 0.3) is 0 Å². The summed E-state index contributed by atoms with van der Waals surface area (Å²) in [4.78, 5) is 5.72. The lowest BCUT2D eigenvalue weighted by Gasteiger charge is -2.47. The van der Waals surface area contributed by atoms with E-state index in [1.165, 1.54) is 17.7 Å². The zero-order chi connectivity index (χ0) is 14.3. The quantitative estimate of drug-likeness (QED) is 0.891. The smallest absolute Gasteiger partial charge is 0.0798 e. The lowest BCUT2D eigenvalue weighted by molar-refractivity contribution is 0.141. The van der Waals surface area contributed by atoms with Crippen molar-refractivity contribution in [1.29, 1.82) is 0 Å². The number of nitrogens with one attached hydrogen (secondary N) is 2. The van der Waals surface area contributed by atoms with Crippen molar-refractivity contribution in [3.63, 3.8) is 0 Å². The average molecular weight is 281 g/mol. The number of hydrogen-bond donors (Lipinski definition) is 2. The Hall–Kier alpha value is -0.450. The summed E-state index contributed by atoms with van der Waals surface area (Å²) in [6.07, 6.45) is 2.33.